The largest absolute Gasteiger partial charge is 0.425 e. The Labute approximate surface area is 160 Å². The summed E-state index contributed by atoms with van der Waals surface area (Å²) in [5, 5.41) is 4.70. The second kappa shape index (κ2) is 7.19. The van der Waals surface area contributed by atoms with Crippen LogP contribution in [0.15, 0.2) is 38.8 Å². The number of carbonyl (C=O) groups is 1. The maximum Gasteiger partial charge on any atom is 0.307 e. The van der Waals surface area contributed by atoms with Crippen LogP contribution in [-0.4, -0.2) is 41.5 Å². The number of nitrogens with zero attached hydrogens (tertiary/aromatic N) is 2. The molecule has 1 atom stereocenters. The first-order valence-corrected chi connectivity index (χ1v) is 9.77. The molecule has 1 amide bonds. The highest BCUT2D eigenvalue weighted by Gasteiger charge is 2.35. The van der Waals surface area contributed by atoms with Gasteiger partial charge in [-0.3, -0.25) is 4.79 Å². The highest BCUT2D eigenvalue weighted by Crippen LogP contribution is 2.35. The lowest BCUT2D eigenvalue weighted by Gasteiger charge is -2.44. The van der Waals surface area contributed by atoms with E-state index in [1.54, 1.807) is 18.3 Å². The Morgan fingerprint density at radius 3 is 2.80 bits per heavy atom. The summed E-state index contributed by atoms with van der Waals surface area (Å²) in [6.45, 7) is 3.19. The van der Waals surface area contributed by atoms with Gasteiger partial charge in [-0.2, -0.15) is 0 Å². The lowest BCUT2D eigenvalue weighted by molar-refractivity contribution is 0.0599. The van der Waals surface area contributed by atoms with Crippen molar-refractivity contribution in [2.75, 3.05) is 19.6 Å². The standard InChI is InChI=1S/C17H17Cl2N3O2S/c18-11-1-2-14(12(19)7-11)25-15-8-20-17(24-15)16(23)21-13-9-22-5-3-10(13)4-6-22/h1-2,7-8,10,13H,3-6,9H2,(H,21,23). The summed E-state index contributed by atoms with van der Waals surface area (Å²) in [5.41, 5.74) is 0. The third-order valence-corrected chi connectivity index (χ3v) is 6.38. The fourth-order valence-electron chi connectivity index (χ4n) is 3.44. The monoisotopic (exact) mass is 397 g/mol. The second-order valence-corrected chi connectivity index (χ2v) is 8.27. The third-order valence-electron chi connectivity index (χ3n) is 4.76. The van der Waals surface area contributed by atoms with E-state index in [1.165, 1.54) is 11.8 Å². The molecule has 3 fully saturated rings. The predicted octanol–water partition coefficient (Wildman–Crippen LogP) is 3.96. The zero-order chi connectivity index (χ0) is 17.4. The minimum absolute atomic E-state index is 0.0871. The summed E-state index contributed by atoms with van der Waals surface area (Å²) >= 11 is 13.4. The molecule has 1 aromatic carbocycles. The zero-order valence-corrected chi connectivity index (χ0v) is 15.7. The molecule has 1 N–H and O–H groups in total. The Kier molecular flexibility index (Phi) is 4.95. The van der Waals surface area contributed by atoms with E-state index in [4.69, 9.17) is 27.6 Å². The van der Waals surface area contributed by atoms with Gasteiger partial charge >= 0.3 is 5.91 Å². The van der Waals surface area contributed by atoms with Crippen LogP contribution >= 0.6 is 35.0 Å². The number of nitrogens with one attached hydrogen (secondary N) is 1. The molecule has 132 valence electrons. The van der Waals surface area contributed by atoms with E-state index in [-0.39, 0.29) is 17.8 Å². The minimum Gasteiger partial charge on any atom is -0.425 e. The van der Waals surface area contributed by atoms with Crippen molar-refractivity contribution in [3.63, 3.8) is 0 Å². The van der Waals surface area contributed by atoms with Crippen molar-refractivity contribution in [1.82, 2.24) is 15.2 Å². The lowest BCUT2D eigenvalue weighted by atomic mass is 9.84. The quantitative estimate of drug-likeness (QED) is 0.845. The number of piperidine rings is 3. The van der Waals surface area contributed by atoms with Crippen molar-refractivity contribution in [3.05, 3.63) is 40.3 Å². The number of benzene rings is 1. The number of hydrogen-bond acceptors (Lipinski definition) is 5. The van der Waals surface area contributed by atoms with Crippen molar-refractivity contribution >= 4 is 40.9 Å². The molecular weight excluding hydrogens is 381 g/mol. The van der Waals surface area contributed by atoms with Crippen molar-refractivity contribution in [2.24, 2.45) is 5.92 Å². The predicted molar refractivity (Wildman–Crippen MR) is 97.5 cm³/mol. The Morgan fingerprint density at radius 2 is 2.12 bits per heavy atom. The molecule has 2 bridgehead atoms. The van der Waals surface area contributed by atoms with Crippen LogP contribution in [0.1, 0.15) is 23.5 Å². The zero-order valence-electron chi connectivity index (χ0n) is 13.4. The van der Waals surface area contributed by atoms with Gasteiger partial charge in [0.1, 0.15) is 0 Å². The number of hydrogen-bond donors (Lipinski definition) is 1. The van der Waals surface area contributed by atoms with Gasteiger partial charge in [-0.15, -0.1) is 0 Å². The number of oxazole rings is 1. The van der Waals surface area contributed by atoms with Gasteiger partial charge < -0.3 is 14.6 Å². The molecule has 0 radical (unpaired) electrons. The molecule has 4 heterocycles. The molecule has 25 heavy (non-hydrogen) atoms. The molecule has 8 heteroatoms. The van der Waals surface area contributed by atoms with Crippen molar-refractivity contribution < 1.29 is 9.21 Å². The second-order valence-electron chi connectivity index (χ2n) is 6.38. The molecule has 3 saturated heterocycles. The summed E-state index contributed by atoms with van der Waals surface area (Å²) in [4.78, 5) is 19.7. The minimum atomic E-state index is -0.257. The fourth-order valence-corrected chi connectivity index (χ4v) is 4.70. The number of fused-ring (bicyclic) bond motifs is 3. The Morgan fingerprint density at radius 1 is 1.32 bits per heavy atom. The molecule has 1 aromatic heterocycles. The molecular formula is C17H17Cl2N3O2S. The van der Waals surface area contributed by atoms with Gasteiger partial charge in [0.25, 0.3) is 5.89 Å². The number of rotatable bonds is 4. The van der Waals surface area contributed by atoms with Gasteiger partial charge in [0.15, 0.2) is 5.09 Å². The topological polar surface area (TPSA) is 58.4 Å². The van der Waals surface area contributed by atoms with Crippen LogP contribution in [0, 0.1) is 5.92 Å². The summed E-state index contributed by atoms with van der Waals surface area (Å²) in [7, 11) is 0. The van der Waals surface area contributed by atoms with Crippen LogP contribution < -0.4 is 5.32 Å². The molecule has 3 aliphatic heterocycles. The summed E-state index contributed by atoms with van der Waals surface area (Å²) in [5.74, 6) is 0.391. The van der Waals surface area contributed by atoms with Gasteiger partial charge in [0.05, 0.1) is 11.2 Å². The van der Waals surface area contributed by atoms with Crippen LogP contribution in [-0.2, 0) is 0 Å². The smallest absolute Gasteiger partial charge is 0.307 e. The van der Waals surface area contributed by atoms with Gasteiger partial charge in [0, 0.05) is 22.5 Å². The summed E-state index contributed by atoms with van der Waals surface area (Å²) in [6.07, 6.45) is 3.83. The number of halogens is 2. The van der Waals surface area contributed by atoms with Gasteiger partial charge in [-0.1, -0.05) is 23.2 Å². The van der Waals surface area contributed by atoms with E-state index >= 15 is 0 Å². The Hall–Kier alpha value is -1.21. The van der Waals surface area contributed by atoms with Crippen LogP contribution in [0.5, 0.6) is 0 Å². The molecule has 5 nitrogen and oxygen atoms in total. The van der Waals surface area contributed by atoms with Crippen molar-refractivity contribution in [1.29, 1.82) is 0 Å². The average Bonchev–Trinajstić information content (AvgIpc) is 3.07. The van der Waals surface area contributed by atoms with E-state index in [0.717, 1.165) is 37.4 Å². The van der Waals surface area contributed by atoms with E-state index in [0.29, 0.717) is 21.1 Å². The normalized spacial score (nSPS) is 25.1. The molecule has 5 rings (SSSR count). The summed E-state index contributed by atoms with van der Waals surface area (Å²) in [6, 6.07) is 5.42. The Bertz CT molecular complexity index is 790. The number of aromatic nitrogens is 1. The summed E-state index contributed by atoms with van der Waals surface area (Å²) < 4.78 is 5.59. The van der Waals surface area contributed by atoms with Crippen molar-refractivity contribution in [2.45, 2.75) is 28.9 Å². The van der Waals surface area contributed by atoms with Gasteiger partial charge in [-0.25, -0.2) is 4.98 Å². The van der Waals surface area contributed by atoms with Crippen LogP contribution in [0.4, 0.5) is 0 Å². The average molecular weight is 398 g/mol. The van der Waals surface area contributed by atoms with Gasteiger partial charge in [-0.05, 0) is 61.8 Å². The van der Waals surface area contributed by atoms with Gasteiger partial charge in [0.2, 0.25) is 0 Å². The lowest BCUT2D eigenvalue weighted by Crippen LogP contribution is -2.57. The van der Waals surface area contributed by atoms with E-state index in [2.05, 4.69) is 15.2 Å². The fraction of sp³-hybridized carbons (Fsp3) is 0.412. The van der Waals surface area contributed by atoms with E-state index < -0.39 is 0 Å². The molecule has 2 aromatic rings. The first kappa shape index (κ1) is 17.2. The number of amides is 1. The van der Waals surface area contributed by atoms with Crippen LogP contribution in [0.2, 0.25) is 10.0 Å². The van der Waals surface area contributed by atoms with Crippen LogP contribution in [0.3, 0.4) is 0 Å². The molecule has 0 spiro atoms. The molecule has 0 saturated carbocycles. The molecule has 3 aliphatic rings. The molecule has 1 unspecified atom stereocenters. The highest BCUT2D eigenvalue weighted by atomic mass is 35.5. The van der Waals surface area contributed by atoms with E-state index in [1.807, 2.05) is 6.07 Å². The maximum absolute atomic E-state index is 12.4. The van der Waals surface area contributed by atoms with E-state index in [9.17, 15) is 4.79 Å². The van der Waals surface area contributed by atoms with Crippen LogP contribution in [0.25, 0.3) is 0 Å². The molecule has 0 aliphatic carbocycles. The SMILES string of the molecule is O=C(NC1CN2CCC1CC2)c1ncc(Sc2ccc(Cl)cc2Cl)o1. The highest BCUT2D eigenvalue weighted by molar-refractivity contribution is 7.99. The number of carbonyl (C=O) groups excluding carboxylic acids is 1. The Balaban J connectivity index is 1.41. The van der Waals surface area contributed by atoms with Crippen molar-refractivity contribution in [3.8, 4) is 0 Å². The first-order valence-electron chi connectivity index (χ1n) is 8.20. The third kappa shape index (κ3) is 3.82. The maximum atomic E-state index is 12.4. The first-order chi connectivity index (χ1) is 12.1.